The lowest BCUT2D eigenvalue weighted by Gasteiger charge is -1.99. The molecule has 0 bridgehead atoms. The predicted octanol–water partition coefficient (Wildman–Crippen LogP) is 1.65. The average molecular weight is 204 g/mol. The molecule has 0 aliphatic carbocycles. The predicted molar refractivity (Wildman–Crippen MR) is 53.9 cm³/mol. The van der Waals surface area contributed by atoms with Crippen molar-refractivity contribution in [1.29, 1.82) is 0 Å². The van der Waals surface area contributed by atoms with Gasteiger partial charge in [0.2, 0.25) is 0 Å². The van der Waals surface area contributed by atoms with Crippen molar-refractivity contribution >= 4 is 23.5 Å². The second kappa shape index (κ2) is 8.10. The van der Waals surface area contributed by atoms with Gasteiger partial charge in [-0.2, -0.15) is 11.8 Å². The first kappa shape index (κ1) is 12.5. The highest BCUT2D eigenvalue weighted by molar-refractivity contribution is 7.99. The molecule has 0 rings (SSSR count). The zero-order chi connectivity index (χ0) is 10.1. The molecule has 0 spiro atoms. The lowest BCUT2D eigenvalue weighted by atomic mass is 10.2. The van der Waals surface area contributed by atoms with Crippen LogP contribution in [0.15, 0.2) is 0 Å². The Bertz CT molecular complexity index is 150. The van der Waals surface area contributed by atoms with Gasteiger partial charge in [-0.25, -0.2) is 0 Å². The van der Waals surface area contributed by atoms with Crippen molar-refractivity contribution in [3.63, 3.8) is 0 Å². The van der Waals surface area contributed by atoms with Crippen LogP contribution in [0.25, 0.3) is 0 Å². The number of ether oxygens (including phenoxy) is 1. The van der Waals surface area contributed by atoms with Gasteiger partial charge in [0.05, 0.1) is 12.9 Å². The number of carbonyl (C=O) groups is 2. The van der Waals surface area contributed by atoms with Gasteiger partial charge in [-0.05, 0) is 12.2 Å². The Labute approximate surface area is 83.2 Å². The number of carbonyl (C=O) groups excluding carboxylic acids is 2. The van der Waals surface area contributed by atoms with E-state index in [1.54, 1.807) is 0 Å². The Hall–Kier alpha value is -0.510. The van der Waals surface area contributed by atoms with Crippen LogP contribution in [0, 0.1) is 0 Å². The largest absolute Gasteiger partial charge is 0.468 e. The highest BCUT2D eigenvalue weighted by Gasteiger charge is 2.01. The molecule has 0 fully saturated rings. The molecule has 0 atom stereocenters. The summed E-state index contributed by atoms with van der Waals surface area (Å²) in [6.45, 7) is 1.87. The van der Waals surface area contributed by atoms with E-state index in [0.717, 1.165) is 12.2 Å². The topological polar surface area (TPSA) is 43.4 Å². The van der Waals surface area contributed by atoms with Crippen LogP contribution in [-0.2, 0) is 14.3 Å². The van der Waals surface area contributed by atoms with Gasteiger partial charge in [0.25, 0.3) is 0 Å². The van der Waals surface area contributed by atoms with Crippen molar-refractivity contribution < 1.29 is 14.3 Å². The van der Waals surface area contributed by atoms with E-state index in [1.165, 1.54) is 18.9 Å². The van der Waals surface area contributed by atoms with Crippen molar-refractivity contribution in [2.45, 2.75) is 26.2 Å². The monoisotopic (exact) mass is 204 g/mol. The van der Waals surface area contributed by atoms with Crippen molar-refractivity contribution in [1.82, 2.24) is 0 Å². The highest BCUT2D eigenvalue weighted by atomic mass is 32.2. The normalized spacial score (nSPS) is 9.69. The smallest absolute Gasteiger partial charge is 0.315 e. The lowest BCUT2D eigenvalue weighted by Crippen LogP contribution is -2.04. The van der Waals surface area contributed by atoms with E-state index in [2.05, 4.69) is 4.74 Å². The van der Waals surface area contributed by atoms with Crippen LogP contribution in [0.2, 0.25) is 0 Å². The fourth-order valence-electron chi connectivity index (χ4n) is 0.763. The SMILES string of the molecule is CCC(=O)CCCSCC(=O)OC. The van der Waals surface area contributed by atoms with Crippen molar-refractivity contribution in [3.05, 3.63) is 0 Å². The van der Waals surface area contributed by atoms with Crippen LogP contribution in [0.1, 0.15) is 26.2 Å². The zero-order valence-electron chi connectivity index (χ0n) is 8.17. The summed E-state index contributed by atoms with van der Waals surface area (Å²) in [6, 6.07) is 0. The first-order valence-corrected chi connectivity index (χ1v) is 5.52. The molecule has 76 valence electrons. The summed E-state index contributed by atoms with van der Waals surface area (Å²) in [5, 5.41) is 0. The fourth-order valence-corrected chi connectivity index (χ4v) is 1.54. The fraction of sp³-hybridized carbons (Fsp3) is 0.778. The molecular formula is C9H16O3S. The van der Waals surface area contributed by atoms with Gasteiger partial charge in [0.15, 0.2) is 0 Å². The molecule has 13 heavy (non-hydrogen) atoms. The maximum absolute atomic E-state index is 10.9. The second-order valence-electron chi connectivity index (χ2n) is 2.62. The van der Waals surface area contributed by atoms with E-state index in [4.69, 9.17) is 0 Å². The maximum atomic E-state index is 10.9. The van der Waals surface area contributed by atoms with Crippen molar-refractivity contribution in [2.24, 2.45) is 0 Å². The summed E-state index contributed by atoms with van der Waals surface area (Å²) in [6.07, 6.45) is 2.10. The number of esters is 1. The number of methoxy groups -OCH3 is 1. The number of hydrogen-bond donors (Lipinski definition) is 0. The van der Waals surface area contributed by atoms with Crippen LogP contribution in [-0.4, -0.2) is 30.4 Å². The van der Waals surface area contributed by atoms with E-state index < -0.39 is 0 Å². The molecule has 0 aromatic heterocycles. The zero-order valence-corrected chi connectivity index (χ0v) is 8.99. The molecule has 0 saturated carbocycles. The van der Waals surface area contributed by atoms with Gasteiger partial charge in [-0.15, -0.1) is 0 Å². The molecule has 0 aliphatic heterocycles. The van der Waals surface area contributed by atoms with E-state index in [9.17, 15) is 9.59 Å². The van der Waals surface area contributed by atoms with Gasteiger partial charge in [-0.1, -0.05) is 6.92 Å². The second-order valence-corrected chi connectivity index (χ2v) is 3.73. The van der Waals surface area contributed by atoms with Gasteiger partial charge >= 0.3 is 5.97 Å². The molecule has 0 aliphatic rings. The minimum absolute atomic E-state index is 0.202. The molecule has 4 heteroatoms. The number of Topliss-reactive ketones (excluding diaryl/α,β-unsaturated/α-hetero) is 1. The summed E-state index contributed by atoms with van der Waals surface area (Å²) in [5.41, 5.74) is 0. The summed E-state index contributed by atoms with van der Waals surface area (Å²) in [4.78, 5) is 21.5. The Kier molecular flexibility index (Phi) is 7.79. The van der Waals surface area contributed by atoms with Gasteiger partial charge in [0.1, 0.15) is 5.78 Å². The highest BCUT2D eigenvalue weighted by Crippen LogP contribution is 2.05. The van der Waals surface area contributed by atoms with Crippen molar-refractivity contribution in [2.75, 3.05) is 18.6 Å². The molecule has 0 unspecified atom stereocenters. The summed E-state index contributed by atoms with van der Waals surface area (Å²) in [5.74, 6) is 1.32. The Balaban J connectivity index is 3.17. The minimum Gasteiger partial charge on any atom is -0.468 e. The molecular weight excluding hydrogens is 188 g/mol. The molecule has 0 radical (unpaired) electrons. The van der Waals surface area contributed by atoms with E-state index >= 15 is 0 Å². The third-order valence-corrected chi connectivity index (χ3v) is 2.60. The molecule has 0 heterocycles. The Morgan fingerprint density at radius 1 is 1.38 bits per heavy atom. The van der Waals surface area contributed by atoms with Crippen LogP contribution in [0.3, 0.4) is 0 Å². The first-order valence-electron chi connectivity index (χ1n) is 4.37. The standard InChI is InChI=1S/C9H16O3S/c1-3-8(10)5-4-6-13-7-9(11)12-2/h3-7H2,1-2H3. The quantitative estimate of drug-likeness (QED) is 0.467. The van der Waals surface area contributed by atoms with Crippen LogP contribution >= 0.6 is 11.8 Å². The summed E-state index contributed by atoms with van der Waals surface area (Å²) in [7, 11) is 1.38. The molecule has 0 amide bonds. The van der Waals surface area contributed by atoms with Crippen LogP contribution in [0.4, 0.5) is 0 Å². The van der Waals surface area contributed by atoms with Crippen LogP contribution in [0.5, 0.6) is 0 Å². The number of ketones is 1. The Morgan fingerprint density at radius 2 is 2.08 bits per heavy atom. The molecule has 0 aromatic carbocycles. The van der Waals surface area contributed by atoms with Gasteiger partial charge in [-0.3, -0.25) is 9.59 Å². The lowest BCUT2D eigenvalue weighted by molar-refractivity contribution is -0.137. The molecule has 0 aromatic rings. The molecule has 3 nitrogen and oxygen atoms in total. The van der Waals surface area contributed by atoms with Crippen LogP contribution < -0.4 is 0 Å². The van der Waals surface area contributed by atoms with Crippen molar-refractivity contribution in [3.8, 4) is 0 Å². The maximum Gasteiger partial charge on any atom is 0.315 e. The van der Waals surface area contributed by atoms with E-state index in [-0.39, 0.29) is 5.97 Å². The molecule has 0 saturated heterocycles. The first-order chi connectivity index (χ1) is 6.20. The summed E-state index contributed by atoms with van der Waals surface area (Å²) < 4.78 is 4.47. The minimum atomic E-state index is -0.202. The number of rotatable bonds is 7. The van der Waals surface area contributed by atoms with Gasteiger partial charge < -0.3 is 4.74 Å². The average Bonchev–Trinajstić information content (AvgIpc) is 2.16. The summed E-state index contributed by atoms with van der Waals surface area (Å²) >= 11 is 1.51. The third kappa shape index (κ3) is 7.84. The van der Waals surface area contributed by atoms with Gasteiger partial charge in [0, 0.05) is 12.8 Å². The van der Waals surface area contributed by atoms with E-state index in [1.807, 2.05) is 6.92 Å². The number of thioether (sulfide) groups is 1. The third-order valence-electron chi connectivity index (χ3n) is 1.59. The van der Waals surface area contributed by atoms with E-state index in [0.29, 0.717) is 24.4 Å². The number of hydrogen-bond acceptors (Lipinski definition) is 4. The Morgan fingerprint density at radius 3 is 2.62 bits per heavy atom. The molecule has 0 N–H and O–H groups in total.